The molecule has 30 heavy (non-hydrogen) atoms. The van der Waals surface area contributed by atoms with E-state index >= 15 is 0 Å². The highest BCUT2D eigenvalue weighted by Gasteiger charge is 2.18. The van der Waals surface area contributed by atoms with Gasteiger partial charge in [-0.3, -0.25) is 4.79 Å². The van der Waals surface area contributed by atoms with Crippen LogP contribution in [0.15, 0.2) is 48.5 Å². The van der Waals surface area contributed by atoms with Crippen LogP contribution in [0.1, 0.15) is 22.8 Å². The monoisotopic (exact) mass is 411 g/mol. The van der Waals surface area contributed by atoms with Crippen molar-refractivity contribution in [1.29, 1.82) is 0 Å². The summed E-state index contributed by atoms with van der Waals surface area (Å²) in [7, 11) is 1.30. The van der Waals surface area contributed by atoms with Crippen molar-refractivity contribution >= 4 is 29.6 Å². The molecule has 1 N–H and O–H groups in total. The van der Waals surface area contributed by atoms with Crippen molar-refractivity contribution in [2.75, 3.05) is 25.6 Å². The second-order valence-electron chi connectivity index (χ2n) is 6.37. The van der Waals surface area contributed by atoms with Crippen LogP contribution in [0.4, 0.5) is 5.69 Å². The maximum absolute atomic E-state index is 12.3. The molecule has 2 aromatic rings. The molecule has 0 unspecified atom stereocenters. The number of benzene rings is 2. The van der Waals surface area contributed by atoms with Gasteiger partial charge in [0.15, 0.2) is 17.6 Å². The molecule has 0 saturated heterocycles. The van der Waals surface area contributed by atoms with E-state index in [4.69, 9.17) is 14.2 Å². The van der Waals surface area contributed by atoms with Gasteiger partial charge >= 0.3 is 11.9 Å². The van der Waals surface area contributed by atoms with Gasteiger partial charge in [-0.15, -0.1) is 0 Å². The SMILES string of the molecule is COC(=O)c1ccc(/C=C/C(=O)O[C@H](C)C(=O)Nc2ccc3c(c2)OCCO3)cc1. The normalized spacial score (nSPS) is 13.4. The number of hydrogen-bond donors (Lipinski definition) is 1. The lowest BCUT2D eigenvalue weighted by molar-refractivity contribution is -0.148. The van der Waals surface area contributed by atoms with Gasteiger partial charge in [-0.1, -0.05) is 12.1 Å². The van der Waals surface area contributed by atoms with Crippen molar-refractivity contribution in [2.24, 2.45) is 0 Å². The molecule has 0 spiro atoms. The Labute approximate surface area is 173 Å². The molecular formula is C22H21NO7. The number of ether oxygens (including phenoxy) is 4. The number of hydrogen-bond acceptors (Lipinski definition) is 7. The summed E-state index contributed by atoms with van der Waals surface area (Å²) in [6.45, 7) is 2.40. The minimum Gasteiger partial charge on any atom is -0.486 e. The first-order chi connectivity index (χ1) is 14.5. The summed E-state index contributed by atoms with van der Waals surface area (Å²) in [6, 6.07) is 11.5. The van der Waals surface area contributed by atoms with Gasteiger partial charge in [0.25, 0.3) is 5.91 Å². The molecule has 8 heteroatoms. The first kappa shape index (κ1) is 20.9. The quantitative estimate of drug-likeness (QED) is 0.576. The van der Waals surface area contributed by atoms with Crippen molar-refractivity contribution in [1.82, 2.24) is 0 Å². The zero-order valence-electron chi connectivity index (χ0n) is 16.5. The van der Waals surface area contributed by atoms with Crippen LogP contribution in [-0.4, -0.2) is 44.3 Å². The fourth-order valence-electron chi connectivity index (χ4n) is 2.64. The van der Waals surface area contributed by atoms with Gasteiger partial charge in [0, 0.05) is 17.8 Å². The molecule has 0 saturated carbocycles. The molecule has 2 aromatic carbocycles. The summed E-state index contributed by atoms with van der Waals surface area (Å²) in [6.07, 6.45) is 1.73. The predicted octanol–water partition coefficient (Wildman–Crippen LogP) is 2.83. The molecule has 1 aliphatic heterocycles. The Morgan fingerprint density at radius 1 is 1.03 bits per heavy atom. The van der Waals surface area contributed by atoms with E-state index in [-0.39, 0.29) is 0 Å². The standard InChI is InChI=1S/C22H21NO7/c1-14(21(25)23-17-8-9-18-19(13-17)29-12-11-28-18)30-20(24)10-5-15-3-6-16(7-4-15)22(26)27-2/h3-10,13-14H,11-12H2,1-2H3,(H,23,25)/b10-5+/t14-/m1/s1. The van der Waals surface area contributed by atoms with Crippen LogP contribution >= 0.6 is 0 Å². The van der Waals surface area contributed by atoms with E-state index in [1.807, 2.05) is 0 Å². The third kappa shape index (κ3) is 5.38. The fraction of sp³-hybridized carbons (Fsp3) is 0.227. The van der Waals surface area contributed by atoms with Gasteiger partial charge in [-0.05, 0) is 42.8 Å². The van der Waals surface area contributed by atoms with Crippen LogP contribution in [-0.2, 0) is 19.1 Å². The Bertz CT molecular complexity index is 966. The van der Waals surface area contributed by atoms with Crippen molar-refractivity contribution in [3.8, 4) is 11.5 Å². The minimum atomic E-state index is -1.00. The van der Waals surface area contributed by atoms with Gasteiger partial charge in [-0.2, -0.15) is 0 Å². The predicted molar refractivity (Wildman–Crippen MR) is 108 cm³/mol. The molecule has 0 aromatic heterocycles. The number of rotatable bonds is 6. The van der Waals surface area contributed by atoms with Crippen molar-refractivity contribution < 1.29 is 33.3 Å². The van der Waals surface area contributed by atoms with Crippen LogP contribution in [0, 0.1) is 0 Å². The van der Waals surface area contributed by atoms with Crippen LogP contribution in [0.5, 0.6) is 11.5 Å². The summed E-state index contributed by atoms with van der Waals surface area (Å²) in [5.74, 6) is -0.427. The second kappa shape index (κ2) is 9.60. The van der Waals surface area contributed by atoms with E-state index in [9.17, 15) is 14.4 Å². The Hall–Kier alpha value is -3.81. The number of carbonyl (C=O) groups is 3. The average molecular weight is 411 g/mol. The van der Waals surface area contributed by atoms with E-state index in [0.29, 0.717) is 41.5 Å². The first-order valence-electron chi connectivity index (χ1n) is 9.24. The molecular weight excluding hydrogens is 390 g/mol. The molecule has 3 rings (SSSR count). The minimum absolute atomic E-state index is 0.404. The van der Waals surface area contributed by atoms with Gasteiger partial charge in [0.05, 0.1) is 12.7 Å². The summed E-state index contributed by atoms with van der Waals surface area (Å²) < 4.78 is 20.7. The van der Waals surface area contributed by atoms with Crippen molar-refractivity contribution in [3.05, 3.63) is 59.7 Å². The fourth-order valence-corrected chi connectivity index (χ4v) is 2.64. The second-order valence-corrected chi connectivity index (χ2v) is 6.37. The lowest BCUT2D eigenvalue weighted by Crippen LogP contribution is -2.29. The molecule has 8 nitrogen and oxygen atoms in total. The average Bonchev–Trinajstić information content (AvgIpc) is 2.77. The Morgan fingerprint density at radius 2 is 1.73 bits per heavy atom. The third-order valence-corrected chi connectivity index (χ3v) is 4.22. The maximum Gasteiger partial charge on any atom is 0.337 e. The smallest absolute Gasteiger partial charge is 0.337 e. The summed E-state index contributed by atoms with van der Waals surface area (Å²) in [5, 5.41) is 2.67. The van der Waals surface area contributed by atoms with E-state index in [0.717, 1.165) is 0 Å². The van der Waals surface area contributed by atoms with Gasteiger partial charge in [-0.25, -0.2) is 9.59 Å². The van der Waals surface area contributed by atoms with Crippen LogP contribution in [0.3, 0.4) is 0 Å². The largest absolute Gasteiger partial charge is 0.486 e. The maximum atomic E-state index is 12.3. The van der Waals surface area contributed by atoms with E-state index in [2.05, 4.69) is 10.1 Å². The Kier molecular flexibility index (Phi) is 6.69. The number of carbonyl (C=O) groups excluding carboxylic acids is 3. The summed E-state index contributed by atoms with van der Waals surface area (Å²) in [4.78, 5) is 35.7. The highest BCUT2D eigenvalue weighted by atomic mass is 16.6. The van der Waals surface area contributed by atoms with Crippen LogP contribution in [0.25, 0.3) is 6.08 Å². The third-order valence-electron chi connectivity index (χ3n) is 4.22. The van der Waals surface area contributed by atoms with Gasteiger partial charge in [0.1, 0.15) is 13.2 Å². The molecule has 0 aliphatic carbocycles. The number of esters is 2. The van der Waals surface area contributed by atoms with Gasteiger partial charge in [0.2, 0.25) is 0 Å². The number of nitrogens with one attached hydrogen (secondary N) is 1. The summed E-state index contributed by atoms with van der Waals surface area (Å²) >= 11 is 0. The molecule has 1 heterocycles. The number of amides is 1. The Morgan fingerprint density at radius 3 is 2.43 bits per heavy atom. The van der Waals surface area contributed by atoms with Crippen LogP contribution < -0.4 is 14.8 Å². The molecule has 0 bridgehead atoms. The lowest BCUT2D eigenvalue weighted by Gasteiger charge is -2.19. The molecule has 0 fully saturated rings. The Balaban J connectivity index is 1.52. The number of anilines is 1. The lowest BCUT2D eigenvalue weighted by atomic mass is 10.1. The highest BCUT2D eigenvalue weighted by Crippen LogP contribution is 2.32. The van der Waals surface area contributed by atoms with Crippen LogP contribution in [0.2, 0.25) is 0 Å². The highest BCUT2D eigenvalue weighted by molar-refractivity contribution is 5.97. The van der Waals surface area contributed by atoms with E-state index < -0.39 is 23.9 Å². The van der Waals surface area contributed by atoms with E-state index in [1.54, 1.807) is 42.5 Å². The number of methoxy groups -OCH3 is 1. The van der Waals surface area contributed by atoms with E-state index in [1.165, 1.54) is 26.2 Å². The van der Waals surface area contributed by atoms with Crippen molar-refractivity contribution in [3.63, 3.8) is 0 Å². The van der Waals surface area contributed by atoms with Crippen molar-refractivity contribution in [2.45, 2.75) is 13.0 Å². The molecule has 1 atom stereocenters. The first-order valence-corrected chi connectivity index (χ1v) is 9.24. The topological polar surface area (TPSA) is 100 Å². The summed E-state index contributed by atoms with van der Waals surface area (Å²) in [5.41, 5.74) is 1.60. The zero-order valence-corrected chi connectivity index (χ0v) is 16.5. The number of fused-ring (bicyclic) bond motifs is 1. The zero-order chi connectivity index (χ0) is 21.5. The van der Waals surface area contributed by atoms with Gasteiger partial charge < -0.3 is 24.3 Å². The molecule has 1 aliphatic rings. The molecule has 1 amide bonds. The molecule has 156 valence electrons. The molecule has 0 radical (unpaired) electrons.